The Morgan fingerprint density at radius 3 is 1.44 bits per heavy atom. The van der Waals surface area contributed by atoms with Gasteiger partial charge < -0.3 is 21.8 Å². The Balaban J connectivity index is 1.22. The van der Waals surface area contributed by atoms with Crippen LogP contribution >= 0.6 is 0 Å². The van der Waals surface area contributed by atoms with E-state index in [1.165, 1.54) is 67.8 Å². The van der Waals surface area contributed by atoms with Crippen LogP contribution in [0.15, 0.2) is 60.7 Å². The lowest BCUT2D eigenvalue weighted by molar-refractivity contribution is 0.328. The SMILES string of the molecule is C[Si](C)(CCC1CCC2OC2C1)O[Si](C)(C)O[Si](O[Si](C)(C)CCC1CCC2OC2C1)(c1ccccc1)c1ccccc1. The van der Waals surface area contributed by atoms with E-state index in [1.807, 2.05) is 0 Å². The van der Waals surface area contributed by atoms with Crippen LogP contribution in [0.2, 0.25) is 51.4 Å². The number of fused-ring (bicyclic) bond motifs is 2. The third kappa shape index (κ3) is 8.29. The van der Waals surface area contributed by atoms with Gasteiger partial charge in [-0.2, -0.15) is 0 Å². The van der Waals surface area contributed by atoms with Gasteiger partial charge in [-0.25, -0.2) is 0 Å². The van der Waals surface area contributed by atoms with Crippen molar-refractivity contribution in [3.8, 4) is 0 Å². The summed E-state index contributed by atoms with van der Waals surface area (Å²) < 4.78 is 34.1. The van der Waals surface area contributed by atoms with E-state index in [4.69, 9.17) is 21.8 Å². The Morgan fingerprint density at radius 2 is 1.00 bits per heavy atom. The number of epoxide rings is 2. The van der Waals surface area contributed by atoms with Crippen LogP contribution in [-0.4, -0.2) is 58.2 Å². The van der Waals surface area contributed by atoms with Gasteiger partial charge in [0.1, 0.15) is 0 Å². The molecule has 5 nitrogen and oxygen atoms in total. The van der Waals surface area contributed by atoms with Crippen LogP contribution in [0.5, 0.6) is 0 Å². The number of ether oxygens (including phenoxy) is 2. The molecule has 2 aromatic rings. The topological polar surface area (TPSA) is 52.8 Å². The first-order chi connectivity index (χ1) is 20.4. The van der Waals surface area contributed by atoms with Crippen LogP contribution in [0.25, 0.3) is 0 Å². The average molecular weight is 655 g/mol. The maximum Gasteiger partial charge on any atom is 0.388 e. The number of hydrogen-bond donors (Lipinski definition) is 0. The molecule has 43 heavy (non-hydrogen) atoms. The van der Waals surface area contributed by atoms with Gasteiger partial charge in [0.05, 0.1) is 24.4 Å². The summed E-state index contributed by atoms with van der Waals surface area (Å²) in [6.45, 7) is 14.2. The van der Waals surface area contributed by atoms with E-state index >= 15 is 0 Å². The lowest BCUT2D eigenvalue weighted by Crippen LogP contribution is -2.71. The first-order valence-electron chi connectivity index (χ1n) is 16.9. The minimum Gasteiger partial charge on any atom is -0.436 e. The van der Waals surface area contributed by atoms with Gasteiger partial charge >= 0.3 is 17.1 Å². The molecular formula is C34H54O5Si4. The molecule has 0 bridgehead atoms. The molecular weight excluding hydrogens is 601 g/mol. The number of rotatable bonds is 14. The monoisotopic (exact) mass is 654 g/mol. The van der Waals surface area contributed by atoms with Crippen molar-refractivity contribution in [3.05, 3.63) is 60.7 Å². The first-order valence-corrected chi connectivity index (χ1v) is 27.8. The molecule has 236 valence electrons. The summed E-state index contributed by atoms with van der Waals surface area (Å²) in [5, 5.41) is 2.39. The summed E-state index contributed by atoms with van der Waals surface area (Å²) in [6, 6.07) is 24.0. The summed E-state index contributed by atoms with van der Waals surface area (Å²) in [7, 11) is -9.80. The normalized spacial score (nSPS) is 29.1. The van der Waals surface area contributed by atoms with Crippen molar-refractivity contribution in [2.24, 2.45) is 11.8 Å². The predicted octanol–water partition coefficient (Wildman–Crippen LogP) is 7.32. The van der Waals surface area contributed by atoms with Crippen LogP contribution in [0.4, 0.5) is 0 Å². The average Bonchev–Trinajstić information content (AvgIpc) is 3.89. The molecule has 2 saturated carbocycles. The number of hydrogen-bond acceptors (Lipinski definition) is 5. The van der Waals surface area contributed by atoms with Crippen molar-refractivity contribution in [3.63, 3.8) is 0 Å². The summed E-state index contributed by atoms with van der Waals surface area (Å²) >= 11 is 0. The first kappa shape index (κ1) is 32.1. The molecule has 9 heteroatoms. The lowest BCUT2D eigenvalue weighted by atomic mass is 9.88. The van der Waals surface area contributed by atoms with Crippen LogP contribution in [0.3, 0.4) is 0 Å². The molecule has 6 unspecified atom stereocenters. The van der Waals surface area contributed by atoms with E-state index < -0.39 is 33.8 Å². The minimum absolute atomic E-state index is 0.531. The molecule has 0 aromatic heterocycles. The van der Waals surface area contributed by atoms with Crippen molar-refractivity contribution < 1.29 is 21.8 Å². The van der Waals surface area contributed by atoms with Gasteiger partial charge in [-0.3, -0.25) is 0 Å². The molecule has 6 atom stereocenters. The van der Waals surface area contributed by atoms with E-state index in [2.05, 4.69) is 99.9 Å². The molecule has 0 N–H and O–H groups in total. The second-order valence-electron chi connectivity index (χ2n) is 15.4. The summed E-state index contributed by atoms with van der Waals surface area (Å²) in [4.78, 5) is 0. The maximum absolute atomic E-state index is 7.63. The van der Waals surface area contributed by atoms with E-state index in [9.17, 15) is 0 Å². The molecule has 0 spiro atoms. The molecule has 6 rings (SSSR count). The van der Waals surface area contributed by atoms with E-state index in [1.54, 1.807) is 0 Å². The zero-order chi connectivity index (χ0) is 30.3. The van der Waals surface area contributed by atoms with Crippen molar-refractivity contribution in [1.82, 2.24) is 0 Å². The van der Waals surface area contributed by atoms with E-state index in [-0.39, 0.29) is 0 Å². The lowest BCUT2D eigenvalue weighted by Gasteiger charge is -2.44. The molecule has 2 aliphatic heterocycles. The largest absolute Gasteiger partial charge is 0.436 e. The van der Waals surface area contributed by atoms with Gasteiger partial charge in [0.2, 0.25) is 0 Å². The molecule has 4 fully saturated rings. The van der Waals surface area contributed by atoms with Gasteiger partial charge in [-0.05, 0) is 112 Å². The van der Waals surface area contributed by atoms with Crippen LogP contribution in [0, 0.1) is 11.8 Å². The third-order valence-corrected chi connectivity index (χ3v) is 26.0. The predicted molar refractivity (Wildman–Crippen MR) is 184 cm³/mol. The molecule has 0 amide bonds. The summed E-state index contributed by atoms with van der Waals surface area (Å²) in [5.74, 6) is 1.54. The maximum atomic E-state index is 7.63. The van der Waals surface area contributed by atoms with Crippen molar-refractivity contribution >= 4 is 44.1 Å². The third-order valence-electron chi connectivity index (χ3n) is 10.2. The highest BCUT2D eigenvalue weighted by molar-refractivity contribution is 7.02. The molecule has 2 saturated heterocycles. The van der Waals surface area contributed by atoms with Crippen molar-refractivity contribution in [1.29, 1.82) is 0 Å². The standard InChI is InChI=1S/C34H54O5Si4/c1-40(2,23-21-27-17-19-31-33(25-27)35-31)37-42(5,6)39-43(29-13-9-7-10-14-29,30-15-11-8-12-16-30)38-41(3,4)24-22-28-18-20-32-34(26-28)36-32/h7-16,27-28,31-34H,17-26H2,1-6H3. The molecule has 2 aromatic carbocycles. The fourth-order valence-corrected chi connectivity index (χ4v) is 26.7. The quantitative estimate of drug-likeness (QED) is 0.158. The molecule has 4 aliphatic rings. The Kier molecular flexibility index (Phi) is 9.48. The van der Waals surface area contributed by atoms with Crippen molar-refractivity contribution in [2.45, 2.75) is 127 Å². The highest BCUT2D eigenvalue weighted by Crippen LogP contribution is 2.43. The molecule has 2 heterocycles. The highest BCUT2D eigenvalue weighted by atomic mass is 28.5. The van der Waals surface area contributed by atoms with E-state index in [0.717, 1.165) is 17.9 Å². The highest BCUT2D eigenvalue weighted by Gasteiger charge is 2.53. The van der Waals surface area contributed by atoms with Crippen molar-refractivity contribution in [2.75, 3.05) is 0 Å². The zero-order valence-corrected chi connectivity index (χ0v) is 31.3. The smallest absolute Gasteiger partial charge is 0.388 e. The van der Waals surface area contributed by atoms with Gasteiger partial charge in [0.25, 0.3) is 0 Å². The van der Waals surface area contributed by atoms with Crippen LogP contribution < -0.4 is 10.4 Å². The van der Waals surface area contributed by atoms with Crippen LogP contribution in [0.1, 0.15) is 51.4 Å². The zero-order valence-electron chi connectivity index (χ0n) is 27.3. The Morgan fingerprint density at radius 1 is 0.558 bits per heavy atom. The second-order valence-corrected chi connectivity index (χ2v) is 31.1. The second kappa shape index (κ2) is 12.7. The van der Waals surface area contributed by atoms with E-state index in [0.29, 0.717) is 24.4 Å². The summed E-state index contributed by atoms with van der Waals surface area (Å²) in [6.07, 6.45) is 12.2. The van der Waals surface area contributed by atoms with Gasteiger partial charge in [0.15, 0.2) is 16.6 Å². The minimum atomic E-state index is -3.09. The Hall–Kier alpha value is -0.892. The van der Waals surface area contributed by atoms with Gasteiger partial charge in [-0.15, -0.1) is 0 Å². The van der Waals surface area contributed by atoms with Gasteiger partial charge in [0, 0.05) is 0 Å². The molecule has 0 radical (unpaired) electrons. The molecule has 2 aliphatic carbocycles. The van der Waals surface area contributed by atoms with Gasteiger partial charge in [-0.1, -0.05) is 73.5 Å². The fraction of sp³-hybridized carbons (Fsp3) is 0.647. The van der Waals surface area contributed by atoms with Crippen LogP contribution in [-0.2, 0) is 21.8 Å². The Bertz CT molecular complexity index is 1170. The fourth-order valence-electron chi connectivity index (χ4n) is 7.86. The Labute approximate surface area is 264 Å². The number of benzene rings is 2. The summed E-state index contributed by atoms with van der Waals surface area (Å²) in [5.41, 5.74) is 0.